The second-order valence-corrected chi connectivity index (χ2v) is 3.59. The van der Waals surface area contributed by atoms with Gasteiger partial charge in [-0.05, 0) is 6.92 Å². The van der Waals surface area contributed by atoms with Crippen LogP contribution in [0.4, 0.5) is 8.78 Å². The summed E-state index contributed by atoms with van der Waals surface area (Å²) in [4.78, 5) is 11.2. The molecule has 1 fully saturated rings. The molecule has 0 spiro atoms. The summed E-state index contributed by atoms with van der Waals surface area (Å²) in [6.45, 7) is 1.14. The highest BCUT2D eigenvalue weighted by Gasteiger charge is 2.42. The number of nitrogens with one attached hydrogen (secondary N) is 2. The fourth-order valence-electron chi connectivity index (χ4n) is 1.27. The summed E-state index contributed by atoms with van der Waals surface area (Å²) in [5.74, 6) is -3.28. The van der Waals surface area contributed by atoms with Gasteiger partial charge in [0.05, 0.1) is 18.7 Å². The van der Waals surface area contributed by atoms with Gasteiger partial charge in [-0.25, -0.2) is 8.78 Å². The van der Waals surface area contributed by atoms with E-state index in [1.54, 1.807) is 0 Å². The maximum atomic E-state index is 12.7. The molecule has 0 radical (unpaired) electrons. The van der Waals surface area contributed by atoms with Crippen LogP contribution in [0.25, 0.3) is 0 Å². The van der Waals surface area contributed by atoms with E-state index in [0.717, 1.165) is 0 Å². The number of halogens is 3. The van der Waals surface area contributed by atoms with Crippen molar-refractivity contribution >= 4 is 18.3 Å². The van der Waals surface area contributed by atoms with Crippen molar-refractivity contribution in [3.05, 3.63) is 0 Å². The molecule has 1 amide bonds. The Bertz CT molecular complexity index is 227. The first-order valence-corrected chi connectivity index (χ1v) is 4.48. The lowest BCUT2D eigenvalue weighted by atomic mass is 10.2. The molecule has 2 atom stereocenters. The lowest BCUT2D eigenvalue weighted by Crippen LogP contribution is -2.42. The molecular weight excluding hydrogens is 230 g/mol. The third kappa shape index (κ3) is 4.72. The van der Waals surface area contributed by atoms with E-state index in [1.165, 1.54) is 6.92 Å². The molecule has 0 aromatic carbocycles. The first-order chi connectivity index (χ1) is 6.41. The summed E-state index contributed by atoms with van der Waals surface area (Å²) >= 11 is 0. The Morgan fingerprint density at radius 1 is 1.73 bits per heavy atom. The highest BCUT2D eigenvalue weighted by atomic mass is 35.5. The summed E-state index contributed by atoms with van der Waals surface area (Å²) in [7, 11) is 0. The Morgan fingerprint density at radius 3 is 2.73 bits per heavy atom. The summed E-state index contributed by atoms with van der Waals surface area (Å²) in [5, 5.41) is 13.7. The average molecular weight is 245 g/mol. The maximum absolute atomic E-state index is 12.7. The zero-order chi connectivity index (χ0) is 10.8. The van der Waals surface area contributed by atoms with Crippen molar-refractivity contribution in [1.29, 1.82) is 0 Å². The molecule has 90 valence electrons. The molecule has 0 aromatic heterocycles. The molecule has 7 heteroatoms. The van der Waals surface area contributed by atoms with Crippen molar-refractivity contribution in [2.24, 2.45) is 0 Å². The monoisotopic (exact) mass is 244 g/mol. The molecule has 3 N–H and O–H groups in total. The van der Waals surface area contributed by atoms with Crippen LogP contribution in [0.1, 0.15) is 13.3 Å². The van der Waals surface area contributed by atoms with Crippen LogP contribution in [0.15, 0.2) is 0 Å². The van der Waals surface area contributed by atoms with Gasteiger partial charge in [0.25, 0.3) is 5.92 Å². The Kier molecular flexibility index (Phi) is 5.41. The standard InChI is InChI=1S/C8H14F2N2O2.ClH/c1-5(13)3-11-7(14)6-2-8(9,10)4-12-6;/h5-6,12-13H,2-4H2,1H3,(H,11,14);1H/t5-,6?;/m1./s1. The van der Waals surface area contributed by atoms with Crippen molar-refractivity contribution in [2.75, 3.05) is 13.1 Å². The minimum absolute atomic E-state index is 0. The van der Waals surface area contributed by atoms with E-state index in [0.29, 0.717) is 0 Å². The van der Waals surface area contributed by atoms with Crippen LogP contribution >= 0.6 is 12.4 Å². The van der Waals surface area contributed by atoms with Crippen LogP contribution in [-0.2, 0) is 4.79 Å². The zero-order valence-electron chi connectivity index (χ0n) is 8.30. The Labute approximate surface area is 92.8 Å². The third-order valence-corrected chi connectivity index (χ3v) is 2.00. The number of rotatable bonds is 3. The number of carbonyl (C=O) groups is 1. The van der Waals surface area contributed by atoms with Gasteiger partial charge in [-0.3, -0.25) is 10.1 Å². The van der Waals surface area contributed by atoms with Crippen molar-refractivity contribution in [2.45, 2.75) is 31.4 Å². The van der Waals surface area contributed by atoms with Gasteiger partial charge in [-0.15, -0.1) is 12.4 Å². The van der Waals surface area contributed by atoms with E-state index >= 15 is 0 Å². The molecule has 0 saturated carbocycles. The molecule has 4 nitrogen and oxygen atoms in total. The summed E-state index contributed by atoms with van der Waals surface area (Å²) in [6.07, 6.45) is -1.14. The summed E-state index contributed by atoms with van der Waals surface area (Å²) in [6, 6.07) is -0.844. The molecule has 1 saturated heterocycles. The number of aliphatic hydroxyl groups is 1. The number of carbonyl (C=O) groups excluding carboxylic acids is 1. The van der Waals surface area contributed by atoms with Gasteiger partial charge >= 0.3 is 0 Å². The highest BCUT2D eigenvalue weighted by molar-refractivity contribution is 5.85. The van der Waals surface area contributed by atoms with E-state index < -0.39 is 36.9 Å². The highest BCUT2D eigenvalue weighted by Crippen LogP contribution is 2.24. The van der Waals surface area contributed by atoms with E-state index in [9.17, 15) is 13.6 Å². The Hall–Kier alpha value is -0.460. The quantitative estimate of drug-likeness (QED) is 0.650. The fraction of sp³-hybridized carbons (Fsp3) is 0.875. The molecule has 1 aliphatic rings. The molecule has 0 aromatic rings. The van der Waals surface area contributed by atoms with Crippen LogP contribution in [0.5, 0.6) is 0 Å². The van der Waals surface area contributed by atoms with Gasteiger partial charge in [-0.1, -0.05) is 0 Å². The van der Waals surface area contributed by atoms with Crippen molar-refractivity contribution in [3.8, 4) is 0 Å². The molecule has 15 heavy (non-hydrogen) atoms. The largest absolute Gasteiger partial charge is 0.392 e. The van der Waals surface area contributed by atoms with Crippen LogP contribution in [0.3, 0.4) is 0 Å². The van der Waals surface area contributed by atoms with Crippen LogP contribution < -0.4 is 10.6 Å². The summed E-state index contributed by atoms with van der Waals surface area (Å²) in [5.41, 5.74) is 0. The van der Waals surface area contributed by atoms with Crippen molar-refractivity contribution in [3.63, 3.8) is 0 Å². The van der Waals surface area contributed by atoms with Crippen LogP contribution in [0.2, 0.25) is 0 Å². The Morgan fingerprint density at radius 2 is 2.33 bits per heavy atom. The predicted octanol–water partition coefficient (Wildman–Crippen LogP) is -0.0976. The number of amides is 1. The van der Waals surface area contributed by atoms with E-state index in [1.807, 2.05) is 0 Å². The Balaban J connectivity index is 0.00000196. The number of hydrogen-bond donors (Lipinski definition) is 3. The molecule has 1 rings (SSSR count). The maximum Gasteiger partial charge on any atom is 0.262 e. The second-order valence-electron chi connectivity index (χ2n) is 3.59. The zero-order valence-corrected chi connectivity index (χ0v) is 9.11. The third-order valence-electron chi connectivity index (χ3n) is 2.00. The number of hydrogen-bond acceptors (Lipinski definition) is 3. The minimum Gasteiger partial charge on any atom is -0.392 e. The van der Waals surface area contributed by atoms with Gasteiger partial charge in [0.1, 0.15) is 0 Å². The van der Waals surface area contributed by atoms with Crippen molar-refractivity contribution < 1.29 is 18.7 Å². The van der Waals surface area contributed by atoms with E-state index in [-0.39, 0.29) is 19.0 Å². The van der Waals surface area contributed by atoms with E-state index in [2.05, 4.69) is 10.6 Å². The number of aliphatic hydroxyl groups excluding tert-OH is 1. The molecule has 0 aliphatic carbocycles. The SMILES string of the molecule is C[C@@H](O)CNC(=O)C1CC(F)(F)CN1.Cl. The van der Waals surface area contributed by atoms with Gasteiger partial charge in [0.2, 0.25) is 5.91 Å². The van der Waals surface area contributed by atoms with Gasteiger partial charge in [0, 0.05) is 13.0 Å². The first kappa shape index (κ1) is 14.5. The lowest BCUT2D eigenvalue weighted by molar-refractivity contribution is -0.123. The molecule has 1 heterocycles. The summed E-state index contributed by atoms with van der Waals surface area (Å²) < 4.78 is 25.3. The lowest BCUT2D eigenvalue weighted by Gasteiger charge is -2.12. The topological polar surface area (TPSA) is 61.4 Å². The fourth-order valence-corrected chi connectivity index (χ4v) is 1.27. The molecule has 1 aliphatic heterocycles. The van der Waals surface area contributed by atoms with E-state index in [4.69, 9.17) is 5.11 Å². The minimum atomic E-state index is -2.80. The predicted molar refractivity (Wildman–Crippen MR) is 53.3 cm³/mol. The number of alkyl halides is 2. The molecular formula is C8H15ClF2N2O2. The molecule has 1 unspecified atom stereocenters. The van der Waals surface area contributed by atoms with Crippen molar-refractivity contribution in [1.82, 2.24) is 10.6 Å². The average Bonchev–Trinajstić information content (AvgIpc) is 2.41. The molecule has 0 bridgehead atoms. The van der Waals surface area contributed by atoms with Crippen LogP contribution in [-0.4, -0.2) is 42.2 Å². The first-order valence-electron chi connectivity index (χ1n) is 4.48. The second kappa shape index (κ2) is 5.58. The van der Waals surface area contributed by atoms with Gasteiger partial charge in [0.15, 0.2) is 0 Å². The normalized spacial score (nSPS) is 25.5. The van der Waals surface area contributed by atoms with Gasteiger partial charge in [-0.2, -0.15) is 0 Å². The van der Waals surface area contributed by atoms with Gasteiger partial charge < -0.3 is 10.4 Å². The smallest absolute Gasteiger partial charge is 0.262 e. The van der Waals surface area contributed by atoms with Crippen LogP contribution in [0, 0.1) is 0 Å².